The molecule has 0 aromatic heterocycles. The molecule has 0 aliphatic carbocycles. The third kappa shape index (κ3) is 1.66. The molecule has 0 saturated carbocycles. The van der Waals surface area contributed by atoms with Gasteiger partial charge in [0, 0.05) is 5.56 Å². The van der Waals surface area contributed by atoms with E-state index in [1.165, 1.54) is 12.1 Å². The summed E-state index contributed by atoms with van der Waals surface area (Å²) in [6, 6.07) is 4.74. The van der Waals surface area contributed by atoms with Crippen molar-refractivity contribution in [3.8, 4) is 0 Å². The smallest absolute Gasteiger partial charge is 0.185 e. The topological polar surface area (TPSA) is 43.1 Å². The third-order valence-corrected chi connectivity index (χ3v) is 1.81. The number of nitrogens with two attached hydrogens (primary N) is 1. The van der Waals surface area contributed by atoms with Crippen molar-refractivity contribution < 1.29 is 4.79 Å². The lowest BCUT2D eigenvalue weighted by molar-refractivity contribution is 0.104. The van der Waals surface area contributed by atoms with Crippen molar-refractivity contribution in [2.45, 2.75) is 0 Å². The van der Waals surface area contributed by atoms with Gasteiger partial charge in [-0.25, -0.2) is 0 Å². The molecule has 0 radical (unpaired) electrons. The Morgan fingerprint density at radius 2 is 2.25 bits per heavy atom. The monoisotopic (exact) mass is 181 g/mol. The number of carbonyl (C=O) groups excluding carboxylic acids is 1. The van der Waals surface area contributed by atoms with Crippen LogP contribution in [0, 0.1) is 0 Å². The molecule has 0 fully saturated rings. The molecule has 0 aliphatic heterocycles. The number of hydrogen-bond acceptors (Lipinski definition) is 2. The van der Waals surface area contributed by atoms with Gasteiger partial charge in [-0.1, -0.05) is 18.2 Å². The fraction of sp³-hybridized carbons (Fsp3) is 0. The van der Waals surface area contributed by atoms with Gasteiger partial charge in [-0.05, 0) is 24.3 Å². The summed E-state index contributed by atoms with van der Waals surface area (Å²) < 4.78 is 0. The first-order chi connectivity index (χ1) is 5.65. The van der Waals surface area contributed by atoms with Gasteiger partial charge < -0.3 is 5.73 Å². The van der Waals surface area contributed by atoms with E-state index in [1.807, 2.05) is 0 Å². The van der Waals surface area contributed by atoms with Gasteiger partial charge in [0.05, 0.1) is 10.7 Å². The van der Waals surface area contributed by atoms with Crippen LogP contribution >= 0.6 is 11.6 Å². The van der Waals surface area contributed by atoms with Gasteiger partial charge in [-0.2, -0.15) is 0 Å². The molecule has 0 amide bonds. The largest absolute Gasteiger partial charge is 0.398 e. The zero-order chi connectivity index (χ0) is 9.14. The lowest BCUT2D eigenvalue weighted by Crippen LogP contribution is -1.95. The molecule has 2 N–H and O–H groups in total. The van der Waals surface area contributed by atoms with Crippen LogP contribution in [0.2, 0.25) is 5.02 Å². The predicted octanol–water partition coefficient (Wildman–Crippen LogP) is 2.29. The van der Waals surface area contributed by atoms with Crippen molar-refractivity contribution in [1.82, 2.24) is 0 Å². The lowest BCUT2D eigenvalue weighted by Gasteiger charge is -1.99. The minimum atomic E-state index is -0.154. The molecular formula is C9H8ClNO. The van der Waals surface area contributed by atoms with E-state index in [0.717, 1.165) is 0 Å². The number of rotatable bonds is 2. The Hall–Kier alpha value is -1.28. The number of hydrogen-bond donors (Lipinski definition) is 1. The molecule has 1 aromatic rings. The minimum Gasteiger partial charge on any atom is -0.398 e. The van der Waals surface area contributed by atoms with Crippen molar-refractivity contribution >= 4 is 23.1 Å². The van der Waals surface area contributed by atoms with Crippen molar-refractivity contribution in [3.05, 3.63) is 41.4 Å². The molecule has 3 heteroatoms. The van der Waals surface area contributed by atoms with Crippen molar-refractivity contribution in [1.29, 1.82) is 0 Å². The van der Waals surface area contributed by atoms with Crippen LogP contribution in [-0.2, 0) is 0 Å². The van der Waals surface area contributed by atoms with Gasteiger partial charge in [-0.15, -0.1) is 0 Å². The summed E-state index contributed by atoms with van der Waals surface area (Å²) in [7, 11) is 0. The van der Waals surface area contributed by atoms with Crippen LogP contribution in [0.15, 0.2) is 30.9 Å². The quantitative estimate of drug-likeness (QED) is 0.432. The average Bonchev–Trinajstić information content (AvgIpc) is 2.08. The fourth-order valence-electron chi connectivity index (χ4n) is 0.815. The molecule has 0 unspecified atom stereocenters. The lowest BCUT2D eigenvalue weighted by atomic mass is 10.1. The van der Waals surface area contributed by atoms with Gasteiger partial charge >= 0.3 is 0 Å². The number of carbonyl (C=O) groups is 1. The summed E-state index contributed by atoms with van der Waals surface area (Å²) in [4.78, 5) is 11.1. The number of halogens is 1. The Bertz CT molecular complexity index is 333. The maximum absolute atomic E-state index is 11.1. The van der Waals surface area contributed by atoms with Crippen molar-refractivity contribution in [3.63, 3.8) is 0 Å². The average molecular weight is 182 g/mol. The Morgan fingerprint density at radius 1 is 1.58 bits per heavy atom. The number of anilines is 1. The second-order valence-corrected chi connectivity index (χ2v) is 2.71. The van der Waals surface area contributed by atoms with E-state index >= 15 is 0 Å². The predicted molar refractivity (Wildman–Crippen MR) is 50.4 cm³/mol. The molecule has 0 aliphatic rings. The molecule has 12 heavy (non-hydrogen) atoms. The maximum atomic E-state index is 11.1. The van der Waals surface area contributed by atoms with Crippen LogP contribution < -0.4 is 5.73 Å². The summed E-state index contributed by atoms with van der Waals surface area (Å²) in [5.74, 6) is -0.154. The molecule has 0 atom stereocenters. The van der Waals surface area contributed by atoms with Gasteiger partial charge in [0.1, 0.15) is 0 Å². The first-order valence-electron chi connectivity index (χ1n) is 3.37. The normalized spacial score (nSPS) is 9.42. The molecule has 62 valence electrons. The Labute approximate surface area is 75.6 Å². The molecule has 1 aromatic carbocycles. The van der Waals surface area contributed by atoms with Gasteiger partial charge in [-0.3, -0.25) is 4.79 Å². The number of benzene rings is 1. The van der Waals surface area contributed by atoms with E-state index in [-0.39, 0.29) is 5.78 Å². The number of nitrogen functional groups attached to an aromatic ring is 1. The van der Waals surface area contributed by atoms with E-state index < -0.39 is 0 Å². The highest BCUT2D eigenvalue weighted by Gasteiger charge is 2.02. The van der Waals surface area contributed by atoms with Gasteiger partial charge in [0.2, 0.25) is 0 Å². The van der Waals surface area contributed by atoms with Gasteiger partial charge in [0.25, 0.3) is 0 Å². The molecule has 0 bridgehead atoms. The highest BCUT2D eigenvalue weighted by Crippen LogP contribution is 2.19. The zero-order valence-corrected chi connectivity index (χ0v) is 7.14. The number of ketones is 1. The summed E-state index contributed by atoms with van der Waals surface area (Å²) in [6.07, 6.45) is 1.24. The second kappa shape index (κ2) is 3.41. The highest BCUT2D eigenvalue weighted by molar-refractivity contribution is 6.33. The van der Waals surface area contributed by atoms with E-state index in [1.54, 1.807) is 12.1 Å². The van der Waals surface area contributed by atoms with E-state index in [9.17, 15) is 4.79 Å². The zero-order valence-electron chi connectivity index (χ0n) is 6.38. The standard InChI is InChI=1S/C9H8ClNO/c1-2-9(12)6-3-4-7(10)8(11)5-6/h2-5H,1,11H2. The van der Waals surface area contributed by atoms with Crippen LogP contribution in [0.1, 0.15) is 10.4 Å². The van der Waals surface area contributed by atoms with Gasteiger partial charge in [0.15, 0.2) is 5.78 Å². The van der Waals surface area contributed by atoms with Crippen LogP contribution in [0.5, 0.6) is 0 Å². The van der Waals surface area contributed by atoms with Crippen molar-refractivity contribution in [2.24, 2.45) is 0 Å². The molecule has 0 spiro atoms. The Morgan fingerprint density at radius 3 is 2.75 bits per heavy atom. The number of allylic oxidation sites excluding steroid dienone is 1. The van der Waals surface area contributed by atoms with Crippen LogP contribution in [0.3, 0.4) is 0 Å². The first-order valence-corrected chi connectivity index (χ1v) is 3.74. The molecule has 0 saturated heterocycles. The summed E-state index contributed by atoms with van der Waals surface area (Å²) >= 11 is 5.67. The van der Waals surface area contributed by atoms with Crippen LogP contribution in [-0.4, -0.2) is 5.78 Å². The molecule has 2 nitrogen and oxygen atoms in total. The molecule has 1 rings (SSSR count). The summed E-state index contributed by atoms with van der Waals surface area (Å²) in [5, 5.41) is 0.454. The SMILES string of the molecule is C=CC(=O)c1ccc(Cl)c(N)c1. The first kappa shape index (κ1) is 8.81. The maximum Gasteiger partial charge on any atom is 0.185 e. The third-order valence-electron chi connectivity index (χ3n) is 1.47. The summed E-state index contributed by atoms with van der Waals surface area (Å²) in [5.41, 5.74) is 6.41. The van der Waals surface area contributed by atoms with E-state index in [4.69, 9.17) is 17.3 Å². The second-order valence-electron chi connectivity index (χ2n) is 2.30. The Kier molecular flexibility index (Phi) is 2.51. The fourth-order valence-corrected chi connectivity index (χ4v) is 0.932. The molecule has 0 heterocycles. The van der Waals surface area contributed by atoms with E-state index in [2.05, 4.69) is 6.58 Å². The highest BCUT2D eigenvalue weighted by atomic mass is 35.5. The van der Waals surface area contributed by atoms with Crippen LogP contribution in [0.4, 0.5) is 5.69 Å². The minimum absolute atomic E-state index is 0.154. The van der Waals surface area contributed by atoms with Crippen molar-refractivity contribution in [2.75, 3.05) is 5.73 Å². The van der Waals surface area contributed by atoms with Crippen LogP contribution in [0.25, 0.3) is 0 Å². The summed E-state index contributed by atoms with van der Waals surface area (Å²) in [6.45, 7) is 3.37. The van der Waals surface area contributed by atoms with E-state index in [0.29, 0.717) is 16.3 Å². The Balaban J connectivity index is 3.13. The molecular weight excluding hydrogens is 174 g/mol.